The number of ketones is 1. The van der Waals surface area contributed by atoms with E-state index in [1.807, 2.05) is 24.1 Å². The minimum absolute atomic E-state index is 0.00586. The number of rotatable bonds is 7. The van der Waals surface area contributed by atoms with Crippen LogP contribution in [0.5, 0.6) is 0 Å². The Morgan fingerprint density at radius 1 is 1.26 bits per heavy atom. The van der Waals surface area contributed by atoms with Crippen LogP contribution in [0.2, 0.25) is 10.0 Å². The maximum absolute atomic E-state index is 12.7. The molecule has 0 bridgehead atoms. The predicted octanol–water partition coefficient (Wildman–Crippen LogP) is 4.83. The van der Waals surface area contributed by atoms with E-state index in [4.69, 9.17) is 28.2 Å². The van der Waals surface area contributed by atoms with E-state index in [9.17, 15) is 14.7 Å². The minimum Gasteiger partial charge on any atom is -0.481 e. The Kier molecular flexibility index (Phi) is 6.16. The number of halogens is 2. The lowest BCUT2D eigenvalue weighted by atomic mass is 9.90. The van der Waals surface area contributed by atoms with Crippen molar-refractivity contribution < 1.29 is 14.7 Å². The highest BCUT2D eigenvalue weighted by Crippen LogP contribution is 2.37. The van der Waals surface area contributed by atoms with Crippen molar-refractivity contribution in [2.45, 2.75) is 25.7 Å². The Morgan fingerprint density at radius 2 is 2.03 bits per heavy atom. The molecule has 3 aromatic rings. The Morgan fingerprint density at radius 3 is 2.74 bits per heavy atom. The number of fused-ring (bicyclic) bond motifs is 1. The molecule has 2 heterocycles. The zero-order valence-electron chi connectivity index (χ0n) is 16.9. The Hall–Kier alpha value is -2.64. The lowest BCUT2D eigenvalue weighted by Crippen LogP contribution is -2.29. The van der Waals surface area contributed by atoms with Gasteiger partial charge >= 0.3 is 5.97 Å². The van der Waals surface area contributed by atoms with Crippen LogP contribution in [0.25, 0.3) is 22.0 Å². The largest absolute Gasteiger partial charge is 0.481 e. The SMILES string of the molecule is CN(CCC(=O)C1CCC[C@H]1C(=O)O)c1cc(-c2cn[nH]c2)c2ccc(Cl)c(Cl)c2n1. The molecule has 1 saturated carbocycles. The molecule has 0 radical (unpaired) electrons. The summed E-state index contributed by atoms with van der Waals surface area (Å²) in [5.41, 5.74) is 2.35. The first-order valence-electron chi connectivity index (χ1n) is 10.1. The zero-order chi connectivity index (χ0) is 22.1. The Labute approximate surface area is 189 Å². The van der Waals surface area contributed by atoms with Crippen molar-refractivity contribution in [3.63, 3.8) is 0 Å². The maximum Gasteiger partial charge on any atom is 0.307 e. The Balaban J connectivity index is 1.61. The van der Waals surface area contributed by atoms with Gasteiger partial charge in [0.05, 0.1) is 27.7 Å². The van der Waals surface area contributed by atoms with Gasteiger partial charge < -0.3 is 10.0 Å². The van der Waals surface area contributed by atoms with Crippen LogP contribution in [-0.2, 0) is 9.59 Å². The van der Waals surface area contributed by atoms with Gasteiger partial charge in [-0.15, -0.1) is 0 Å². The van der Waals surface area contributed by atoms with Crippen LogP contribution in [0.4, 0.5) is 5.82 Å². The number of hydrogen-bond acceptors (Lipinski definition) is 5. The van der Waals surface area contributed by atoms with Crippen molar-refractivity contribution in [3.05, 3.63) is 40.6 Å². The van der Waals surface area contributed by atoms with Crippen LogP contribution < -0.4 is 4.90 Å². The second kappa shape index (κ2) is 8.85. The fraction of sp³-hybridized carbons (Fsp3) is 0.364. The first-order valence-corrected chi connectivity index (χ1v) is 10.9. The third kappa shape index (κ3) is 4.25. The minimum atomic E-state index is -0.878. The maximum atomic E-state index is 12.7. The number of benzene rings is 1. The van der Waals surface area contributed by atoms with Crippen LogP contribution >= 0.6 is 23.2 Å². The molecule has 1 aromatic carbocycles. The van der Waals surface area contributed by atoms with Crippen LogP contribution in [0, 0.1) is 11.8 Å². The van der Waals surface area contributed by atoms with Crippen molar-refractivity contribution in [2.24, 2.45) is 11.8 Å². The summed E-state index contributed by atoms with van der Waals surface area (Å²) < 4.78 is 0. The molecule has 1 unspecified atom stereocenters. The number of Topliss-reactive ketones (excluding diaryl/α,β-unsaturated/α-hetero) is 1. The van der Waals surface area contributed by atoms with Crippen LogP contribution in [0.15, 0.2) is 30.6 Å². The van der Waals surface area contributed by atoms with Gasteiger partial charge in [-0.1, -0.05) is 35.7 Å². The fourth-order valence-corrected chi connectivity index (χ4v) is 4.63. The van der Waals surface area contributed by atoms with E-state index in [0.717, 1.165) is 22.9 Å². The lowest BCUT2D eigenvalue weighted by molar-refractivity contribution is -0.145. The highest BCUT2D eigenvalue weighted by molar-refractivity contribution is 6.45. The molecule has 1 fully saturated rings. The first kappa shape index (κ1) is 21.6. The van der Waals surface area contributed by atoms with Gasteiger partial charge in [0.2, 0.25) is 0 Å². The number of hydrogen-bond donors (Lipinski definition) is 2. The fourth-order valence-electron chi connectivity index (χ4n) is 4.27. The molecule has 0 spiro atoms. The smallest absolute Gasteiger partial charge is 0.307 e. The van der Waals surface area contributed by atoms with E-state index in [-0.39, 0.29) is 12.2 Å². The van der Waals surface area contributed by atoms with Crippen molar-refractivity contribution in [2.75, 3.05) is 18.5 Å². The summed E-state index contributed by atoms with van der Waals surface area (Å²) in [4.78, 5) is 30.7. The van der Waals surface area contributed by atoms with Gasteiger partial charge in [-0.3, -0.25) is 14.7 Å². The van der Waals surface area contributed by atoms with Gasteiger partial charge in [-0.25, -0.2) is 4.98 Å². The second-order valence-corrected chi connectivity index (χ2v) is 8.68. The van der Waals surface area contributed by atoms with E-state index >= 15 is 0 Å². The molecule has 4 rings (SSSR count). The van der Waals surface area contributed by atoms with Crippen LogP contribution in [0.1, 0.15) is 25.7 Å². The highest BCUT2D eigenvalue weighted by Gasteiger charge is 2.37. The van der Waals surface area contributed by atoms with E-state index < -0.39 is 17.8 Å². The van der Waals surface area contributed by atoms with Crippen molar-refractivity contribution in [1.82, 2.24) is 15.2 Å². The molecule has 0 aliphatic heterocycles. The predicted molar refractivity (Wildman–Crippen MR) is 121 cm³/mol. The average Bonchev–Trinajstić information content (AvgIpc) is 3.46. The number of aromatic nitrogens is 3. The summed E-state index contributed by atoms with van der Waals surface area (Å²) in [5.74, 6) is -1.21. The number of carbonyl (C=O) groups excluding carboxylic acids is 1. The molecule has 7 nitrogen and oxygen atoms in total. The number of nitrogens with zero attached hydrogens (tertiary/aromatic N) is 3. The number of H-pyrrole nitrogens is 1. The molecule has 1 aliphatic rings. The van der Waals surface area contributed by atoms with Crippen molar-refractivity contribution in [3.8, 4) is 11.1 Å². The number of aromatic amines is 1. The molecule has 0 amide bonds. The highest BCUT2D eigenvalue weighted by atomic mass is 35.5. The zero-order valence-corrected chi connectivity index (χ0v) is 18.5. The van der Waals surface area contributed by atoms with Gasteiger partial charge in [0, 0.05) is 43.1 Å². The molecular weight excluding hydrogens is 439 g/mol. The molecule has 2 aromatic heterocycles. The van der Waals surface area contributed by atoms with E-state index in [1.165, 1.54) is 0 Å². The average molecular weight is 461 g/mol. The van der Waals surface area contributed by atoms with Crippen molar-refractivity contribution >= 4 is 51.7 Å². The summed E-state index contributed by atoms with van der Waals surface area (Å²) in [6.07, 6.45) is 5.76. The summed E-state index contributed by atoms with van der Waals surface area (Å²) >= 11 is 12.7. The normalized spacial score (nSPS) is 18.4. The van der Waals surface area contributed by atoms with Gasteiger partial charge in [0.1, 0.15) is 11.6 Å². The molecule has 0 saturated heterocycles. The standard InChI is InChI=1S/C22H22Cl2N4O3/c1-28(8-7-18(29)13-3-2-4-15(13)22(30)31)19-9-16(12-10-25-26-11-12)14-5-6-17(23)20(24)21(14)27-19/h5-6,9-11,13,15H,2-4,7-8H2,1H3,(H,25,26)(H,30,31)/t13?,15-/m1/s1. The molecule has 162 valence electrons. The summed E-state index contributed by atoms with van der Waals surface area (Å²) in [6, 6.07) is 5.54. The third-order valence-electron chi connectivity index (χ3n) is 6.00. The van der Waals surface area contributed by atoms with E-state index in [2.05, 4.69) is 10.2 Å². The van der Waals surface area contributed by atoms with Gasteiger partial charge in [-0.05, 0) is 30.5 Å². The van der Waals surface area contributed by atoms with Crippen LogP contribution in [-0.4, -0.2) is 45.6 Å². The topological polar surface area (TPSA) is 99.2 Å². The van der Waals surface area contributed by atoms with E-state index in [1.54, 1.807) is 18.5 Å². The molecular formula is C22H22Cl2N4O3. The molecule has 1 aliphatic carbocycles. The molecule has 2 atom stereocenters. The monoisotopic (exact) mass is 460 g/mol. The lowest BCUT2D eigenvalue weighted by Gasteiger charge is -2.21. The number of anilines is 1. The van der Waals surface area contributed by atoms with E-state index in [0.29, 0.717) is 40.8 Å². The molecule has 2 N–H and O–H groups in total. The number of carbonyl (C=O) groups is 2. The summed E-state index contributed by atoms with van der Waals surface area (Å²) in [6.45, 7) is 0.420. The number of nitrogens with one attached hydrogen (secondary N) is 1. The number of aliphatic carboxylic acids is 1. The van der Waals surface area contributed by atoms with Gasteiger partial charge in [-0.2, -0.15) is 5.10 Å². The quantitative estimate of drug-likeness (QED) is 0.523. The number of pyridine rings is 1. The number of carboxylic acids is 1. The first-order chi connectivity index (χ1) is 14.9. The summed E-state index contributed by atoms with van der Waals surface area (Å²) in [7, 11) is 1.85. The number of carboxylic acid groups (broad SMARTS) is 1. The second-order valence-electron chi connectivity index (χ2n) is 7.89. The third-order valence-corrected chi connectivity index (χ3v) is 6.79. The summed E-state index contributed by atoms with van der Waals surface area (Å²) in [5, 5.41) is 17.8. The van der Waals surface area contributed by atoms with Crippen molar-refractivity contribution in [1.29, 1.82) is 0 Å². The van der Waals surface area contributed by atoms with Gasteiger partial charge in [0.25, 0.3) is 0 Å². The van der Waals surface area contributed by atoms with Gasteiger partial charge in [0.15, 0.2) is 0 Å². The van der Waals surface area contributed by atoms with Crippen LogP contribution in [0.3, 0.4) is 0 Å². The molecule has 9 heteroatoms. The molecule has 31 heavy (non-hydrogen) atoms. The Bertz CT molecular complexity index is 1130.